The number of benzene rings is 2. The summed E-state index contributed by atoms with van der Waals surface area (Å²) in [7, 11) is 9.05. The third kappa shape index (κ3) is 4.94. The van der Waals surface area contributed by atoms with Gasteiger partial charge in [0.2, 0.25) is 0 Å². The third-order valence-electron chi connectivity index (χ3n) is 5.30. The van der Waals surface area contributed by atoms with Crippen molar-refractivity contribution in [1.29, 1.82) is 0 Å². The van der Waals surface area contributed by atoms with Crippen molar-refractivity contribution in [2.75, 3.05) is 55.1 Å². The van der Waals surface area contributed by atoms with Crippen LogP contribution in [0.5, 0.6) is 23.0 Å². The summed E-state index contributed by atoms with van der Waals surface area (Å²) in [5, 5.41) is 4.15. The van der Waals surface area contributed by atoms with E-state index in [0.29, 0.717) is 17.4 Å². The molecule has 3 rings (SSSR count). The second-order valence-corrected chi connectivity index (χ2v) is 7.98. The van der Waals surface area contributed by atoms with Gasteiger partial charge < -0.3 is 29.2 Å². The average Bonchev–Trinajstić information content (AvgIpc) is 2.75. The molecule has 1 N–H and O–H groups in total. The second kappa shape index (κ2) is 10.2. The second-order valence-electron chi connectivity index (χ2n) is 7.57. The van der Waals surface area contributed by atoms with Gasteiger partial charge in [-0.25, -0.2) is 0 Å². The lowest BCUT2D eigenvalue weighted by atomic mass is 9.89. The molecule has 0 saturated carbocycles. The Morgan fingerprint density at radius 3 is 2.33 bits per heavy atom. The van der Waals surface area contributed by atoms with Crippen LogP contribution in [-0.2, 0) is 6.42 Å². The molecule has 1 atom stereocenters. The molecule has 0 saturated heterocycles. The molecule has 0 aromatic heterocycles. The number of nitrogens with zero attached hydrogens (tertiary/aromatic N) is 1. The third-order valence-corrected chi connectivity index (χ3v) is 5.60. The minimum absolute atomic E-state index is 0.0675. The fourth-order valence-electron chi connectivity index (χ4n) is 3.79. The number of hydrogen-bond acceptors (Lipinski definition) is 6. The van der Waals surface area contributed by atoms with Gasteiger partial charge in [-0.15, -0.1) is 0 Å². The minimum Gasteiger partial charge on any atom is -0.496 e. The summed E-state index contributed by atoms with van der Waals surface area (Å²) in [5.74, 6) is 2.83. The first-order valence-electron chi connectivity index (χ1n) is 10.1. The predicted molar refractivity (Wildman–Crippen MR) is 120 cm³/mol. The quantitative estimate of drug-likeness (QED) is 0.603. The Morgan fingerprint density at radius 2 is 1.67 bits per heavy atom. The SMILES string of the molecule is COc1cc(OC)c(C2NCCc3cc(OC)c(OCCCN(C)C)cc32)cc1Cl. The molecular formula is C23H31ClN2O4. The first-order valence-corrected chi connectivity index (χ1v) is 10.5. The highest BCUT2D eigenvalue weighted by Gasteiger charge is 2.27. The number of halogens is 1. The van der Waals surface area contributed by atoms with Gasteiger partial charge in [0.15, 0.2) is 11.5 Å². The van der Waals surface area contributed by atoms with Crippen molar-refractivity contribution in [1.82, 2.24) is 10.2 Å². The van der Waals surface area contributed by atoms with E-state index in [9.17, 15) is 0 Å². The van der Waals surface area contributed by atoms with Crippen LogP contribution in [0.15, 0.2) is 24.3 Å². The normalized spacial score (nSPS) is 15.6. The van der Waals surface area contributed by atoms with Gasteiger partial charge in [0.05, 0.1) is 39.0 Å². The number of methoxy groups -OCH3 is 3. The summed E-state index contributed by atoms with van der Waals surface area (Å²) in [4.78, 5) is 2.15. The molecule has 0 aliphatic carbocycles. The van der Waals surface area contributed by atoms with Gasteiger partial charge in [-0.2, -0.15) is 0 Å². The van der Waals surface area contributed by atoms with Crippen molar-refractivity contribution >= 4 is 11.6 Å². The largest absolute Gasteiger partial charge is 0.496 e. The molecule has 1 aliphatic heterocycles. The summed E-state index contributed by atoms with van der Waals surface area (Å²) >= 11 is 6.44. The van der Waals surface area contributed by atoms with Gasteiger partial charge in [-0.1, -0.05) is 11.6 Å². The smallest absolute Gasteiger partial charge is 0.161 e. The van der Waals surface area contributed by atoms with E-state index in [2.05, 4.69) is 36.4 Å². The summed E-state index contributed by atoms with van der Waals surface area (Å²) in [6.45, 7) is 2.44. The molecular weight excluding hydrogens is 404 g/mol. The molecule has 2 aromatic carbocycles. The zero-order chi connectivity index (χ0) is 21.7. The molecule has 30 heavy (non-hydrogen) atoms. The number of rotatable bonds is 9. The summed E-state index contributed by atoms with van der Waals surface area (Å²) in [6, 6.07) is 7.84. The molecule has 2 aromatic rings. The molecule has 0 amide bonds. The van der Waals surface area contributed by atoms with Crippen LogP contribution < -0.4 is 24.3 Å². The Kier molecular flexibility index (Phi) is 7.69. The van der Waals surface area contributed by atoms with E-state index in [4.69, 9.17) is 30.5 Å². The van der Waals surface area contributed by atoms with Crippen molar-refractivity contribution in [3.63, 3.8) is 0 Å². The van der Waals surface area contributed by atoms with E-state index in [1.165, 1.54) is 5.56 Å². The monoisotopic (exact) mass is 434 g/mol. The van der Waals surface area contributed by atoms with Gasteiger partial charge in [-0.3, -0.25) is 0 Å². The topological polar surface area (TPSA) is 52.2 Å². The van der Waals surface area contributed by atoms with E-state index in [1.807, 2.05) is 12.1 Å². The lowest BCUT2D eigenvalue weighted by molar-refractivity contribution is 0.267. The van der Waals surface area contributed by atoms with Gasteiger partial charge in [0, 0.05) is 24.7 Å². The lowest BCUT2D eigenvalue weighted by Gasteiger charge is -2.30. The maximum absolute atomic E-state index is 6.44. The number of fused-ring (bicyclic) bond motifs is 1. The minimum atomic E-state index is -0.0675. The fourth-order valence-corrected chi connectivity index (χ4v) is 4.04. The zero-order valence-corrected chi connectivity index (χ0v) is 19.1. The molecule has 164 valence electrons. The maximum atomic E-state index is 6.44. The highest BCUT2D eigenvalue weighted by molar-refractivity contribution is 6.32. The molecule has 0 fully saturated rings. The maximum Gasteiger partial charge on any atom is 0.161 e. The molecule has 0 radical (unpaired) electrons. The van der Waals surface area contributed by atoms with E-state index < -0.39 is 0 Å². The lowest BCUT2D eigenvalue weighted by Crippen LogP contribution is -2.31. The van der Waals surface area contributed by atoms with Crippen LogP contribution in [0.3, 0.4) is 0 Å². The first-order chi connectivity index (χ1) is 14.5. The van der Waals surface area contributed by atoms with E-state index in [0.717, 1.165) is 54.3 Å². The van der Waals surface area contributed by atoms with Crippen LogP contribution in [-0.4, -0.2) is 60.0 Å². The number of hydrogen-bond donors (Lipinski definition) is 1. The van der Waals surface area contributed by atoms with Crippen molar-refractivity contribution < 1.29 is 18.9 Å². The standard InChI is InChI=1S/C23H31ClN2O4/c1-26(2)9-6-10-30-22-13-16-15(11-21(22)29-5)7-8-25-23(16)17-12-18(24)20(28-4)14-19(17)27-3/h11-14,23,25H,6-10H2,1-5H3. The Bertz CT molecular complexity index is 873. The van der Waals surface area contributed by atoms with E-state index in [-0.39, 0.29) is 6.04 Å². The molecule has 6 nitrogen and oxygen atoms in total. The molecule has 1 aliphatic rings. The fraction of sp³-hybridized carbons (Fsp3) is 0.478. The van der Waals surface area contributed by atoms with Crippen molar-refractivity contribution in [3.8, 4) is 23.0 Å². The number of nitrogens with one attached hydrogen (secondary N) is 1. The van der Waals surface area contributed by atoms with Crippen LogP contribution >= 0.6 is 11.6 Å². The summed E-state index contributed by atoms with van der Waals surface area (Å²) in [5.41, 5.74) is 3.34. The van der Waals surface area contributed by atoms with Crippen molar-refractivity contribution in [2.24, 2.45) is 0 Å². The van der Waals surface area contributed by atoms with Crippen LogP contribution in [0.4, 0.5) is 0 Å². The van der Waals surface area contributed by atoms with Crippen LogP contribution in [0.1, 0.15) is 29.2 Å². The zero-order valence-electron chi connectivity index (χ0n) is 18.4. The Balaban J connectivity index is 1.96. The first kappa shape index (κ1) is 22.5. The van der Waals surface area contributed by atoms with Gasteiger partial charge in [0.1, 0.15) is 11.5 Å². The van der Waals surface area contributed by atoms with Crippen LogP contribution in [0.25, 0.3) is 0 Å². The molecule has 1 heterocycles. The van der Waals surface area contributed by atoms with Crippen LogP contribution in [0.2, 0.25) is 5.02 Å². The van der Waals surface area contributed by atoms with Gasteiger partial charge in [-0.05, 0) is 56.3 Å². The predicted octanol–water partition coefficient (Wildman–Crippen LogP) is 3.93. The molecule has 0 spiro atoms. The van der Waals surface area contributed by atoms with Gasteiger partial charge in [0.25, 0.3) is 0 Å². The Morgan fingerprint density at radius 1 is 0.933 bits per heavy atom. The Labute approximate surface area is 184 Å². The van der Waals surface area contributed by atoms with Crippen molar-refractivity contribution in [2.45, 2.75) is 18.9 Å². The van der Waals surface area contributed by atoms with E-state index >= 15 is 0 Å². The van der Waals surface area contributed by atoms with E-state index in [1.54, 1.807) is 21.3 Å². The van der Waals surface area contributed by atoms with Crippen LogP contribution in [0, 0.1) is 0 Å². The van der Waals surface area contributed by atoms with Gasteiger partial charge >= 0.3 is 0 Å². The summed E-state index contributed by atoms with van der Waals surface area (Å²) < 4.78 is 22.7. The molecule has 1 unspecified atom stereocenters. The highest BCUT2D eigenvalue weighted by atomic mass is 35.5. The molecule has 0 bridgehead atoms. The van der Waals surface area contributed by atoms with Crippen molar-refractivity contribution in [3.05, 3.63) is 46.0 Å². The Hall–Kier alpha value is -2.15. The summed E-state index contributed by atoms with van der Waals surface area (Å²) in [6.07, 6.45) is 1.85. The average molecular weight is 435 g/mol. The number of ether oxygens (including phenoxy) is 4. The molecule has 7 heteroatoms. The highest BCUT2D eigenvalue weighted by Crippen LogP contribution is 2.42.